The highest BCUT2D eigenvalue weighted by atomic mass is 16.5. The lowest BCUT2D eigenvalue weighted by Gasteiger charge is -2.11. The number of nitrogens with zero attached hydrogens (tertiary/aromatic N) is 1. The molecule has 152 valence electrons. The number of aryl methyl sites for hydroxylation is 3. The smallest absolute Gasteiger partial charge is 0.341 e. The van der Waals surface area contributed by atoms with Gasteiger partial charge in [-0.05, 0) is 39.0 Å². The number of benzene rings is 1. The standard InChI is InChI=1S/C21H22N2O6/c1-12-18(14(3)29-23-12)11-27-19-8-6-5-7-16(19)20(24)22-10-15-9-17(13(2)28-15)21(25)26-4/h5-9H,10-11H2,1-4H3,(H,22,24). The first-order valence-electron chi connectivity index (χ1n) is 9.00. The molecule has 2 heterocycles. The first-order valence-corrected chi connectivity index (χ1v) is 9.00. The zero-order valence-corrected chi connectivity index (χ0v) is 16.7. The molecule has 3 aromatic rings. The predicted molar refractivity (Wildman–Crippen MR) is 103 cm³/mol. The minimum absolute atomic E-state index is 0.120. The lowest BCUT2D eigenvalue weighted by Crippen LogP contribution is -2.23. The summed E-state index contributed by atoms with van der Waals surface area (Å²) >= 11 is 0. The van der Waals surface area contributed by atoms with Crippen LogP contribution in [0.3, 0.4) is 0 Å². The fourth-order valence-corrected chi connectivity index (χ4v) is 2.84. The van der Waals surface area contributed by atoms with Gasteiger partial charge < -0.3 is 23.7 Å². The number of methoxy groups -OCH3 is 1. The van der Waals surface area contributed by atoms with Crippen molar-refractivity contribution >= 4 is 11.9 Å². The van der Waals surface area contributed by atoms with Crippen LogP contribution in [0.2, 0.25) is 0 Å². The summed E-state index contributed by atoms with van der Waals surface area (Å²) in [7, 11) is 1.30. The second-order valence-corrected chi connectivity index (χ2v) is 6.44. The number of rotatable bonds is 7. The molecule has 0 bridgehead atoms. The zero-order chi connectivity index (χ0) is 21.0. The van der Waals surface area contributed by atoms with Crippen LogP contribution in [0.25, 0.3) is 0 Å². The molecule has 0 spiro atoms. The fourth-order valence-electron chi connectivity index (χ4n) is 2.84. The third-order valence-corrected chi connectivity index (χ3v) is 4.48. The van der Waals surface area contributed by atoms with Gasteiger partial charge >= 0.3 is 5.97 Å². The molecule has 8 nitrogen and oxygen atoms in total. The summed E-state index contributed by atoms with van der Waals surface area (Å²) in [5, 5.41) is 6.67. The van der Waals surface area contributed by atoms with Gasteiger partial charge in [0.25, 0.3) is 5.91 Å². The average Bonchev–Trinajstić information content (AvgIpc) is 3.25. The van der Waals surface area contributed by atoms with Crippen LogP contribution in [-0.4, -0.2) is 24.1 Å². The second kappa shape index (κ2) is 8.64. The Hall–Kier alpha value is -3.55. The van der Waals surface area contributed by atoms with Gasteiger partial charge in [0.2, 0.25) is 0 Å². The van der Waals surface area contributed by atoms with Crippen molar-refractivity contribution in [2.45, 2.75) is 33.9 Å². The van der Waals surface area contributed by atoms with Crippen LogP contribution in [0.15, 0.2) is 39.3 Å². The first-order chi connectivity index (χ1) is 13.9. The van der Waals surface area contributed by atoms with Crippen molar-refractivity contribution < 1.29 is 28.0 Å². The summed E-state index contributed by atoms with van der Waals surface area (Å²) in [4.78, 5) is 24.3. The number of ether oxygens (including phenoxy) is 2. The van der Waals surface area contributed by atoms with Gasteiger partial charge in [-0.15, -0.1) is 0 Å². The number of aromatic nitrogens is 1. The van der Waals surface area contributed by atoms with E-state index in [4.69, 9.17) is 18.4 Å². The molecule has 1 N–H and O–H groups in total. The Bertz CT molecular complexity index is 1010. The van der Waals surface area contributed by atoms with Gasteiger partial charge in [0.05, 0.1) is 30.5 Å². The topological polar surface area (TPSA) is 104 Å². The highest BCUT2D eigenvalue weighted by Gasteiger charge is 2.18. The normalized spacial score (nSPS) is 10.6. The van der Waals surface area contributed by atoms with Crippen molar-refractivity contribution in [3.8, 4) is 5.75 Å². The summed E-state index contributed by atoms with van der Waals surface area (Å²) < 4.78 is 21.2. The molecule has 1 amide bonds. The Kier molecular flexibility index (Phi) is 6.01. The number of hydrogen-bond donors (Lipinski definition) is 1. The predicted octanol–water partition coefficient (Wildman–Crippen LogP) is 3.49. The molecular formula is C21H22N2O6. The number of esters is 1. The maximum atomic E-state index is 12.7. The molecule has 0 atom stereocenters. The van der Waals surface area contributed by atoms with Crippen molar-refractivity contribution in [1.82, 2.24) is 10.5 Å². The average molecular weight is 398 g/mol. The van der Waals surface area contributed by atoms with E-state index in [-0.39, 0.29) is 19.1 Å². The van der Waals surface area contributed by atoms with Gasteiger partial charge in [-0.3, -0.25) is 4.79 Å². The number of nitrogens with one attached hydrogen (secondary N) is 1. The number of carbonyl (C=O) groups is 2. The van der Waals surface area contributed by atoms with Crippen molar-refractivity contribution in [1.29, 1.82) is 0 Å². The van der Waals surface area contributed by atoms with Crippen molar-refractivity contribution in [2.75, 3.05) is 7.11 Å². The van der Waals surface area contributed by atoms with Crippen LogP contribution in [0, 0.1) is 20.8 Å². The molecule has 8 heteroatoms. The minimum atomic E-state index is -0.484. The van der Waals surface area contributed by atoms with E-state index in [0.29, 0.717) is 34.2 Å². The van der Waals surface area contributed by atoms with E-state index in [2.05, 4.69) is 10.5 Å². The lowest BCUT2D eigenvalue weighted by molar-refractivity contribution is 0.0598. The first kappa shape index (κ1) is 20.2. The maximum Gasteiger partial charge on any atom is 0.341 e. The largest absolute Gasteiger partial charge is 0.488 e. The Morgan fingerprint density at radius 3 is 2.55 bits per heavy atom. The molecule has 0 aliphatic carbocycles. The molecule has 0 radical (unpaired) electrons. The Morgan fingerprint density at radius 2 is 1.86 bits per heavy atom. The Morgan fingerprint density at radius 1 is 1.10 bits per heavy atom. The second-order valence-electron chi connectivity index (χ2n) is 6.44. The van der Waals surface area contributed by atoms with Crippen LogP contribution in [0.5, 0.6) is 5.75 Å². The molecule has 0 unspecified atom stereocenters. The van der Waals surface area contributed by atoms with Crippen LogP contribution in [-0.2, 0) is 17.9 Å². The van der Waals surface area contributed by atoms with Crippen molar-refractivity contribution in [3.05, 3.63) is 70.0 Å². The Labute approximate surface area is 167 Å². The number of carbonyl (C=O) groups excluding carboxylic acids is 2. The van der Waals surface area contributed by atoms with E-state index in [9.17, 15) is 9.59 Å². The van der Waals surface area contributed by atoms with Crippen LogP contribution < -0.4 is 10.1 Å². The van der Waals surface area contributed by atoms with E-state index < -0.39 is 5.97 Å². The summed E-state index contributed by atoms with van der Waals surface area (Å²) in [5.41, 5.74) is 2.32. The van der Waals surface area contributed by atoms with E-state index in [1.807, 2.05) is 13.8 Å². The summed E-state index contributed by atoms with van der Waals surface area (Å²) in [6, 6.07) is 8.49. The van der Waals surface area contributed by atoms with E-state index in [1.165, 1.54) is 7.11 Å². The van der Waals surface area contributed by atoms with Gasteiger partial charge in [-0.25, -0.2) is 4.79 Å². The van der Waals surface area contributed by atoms with Crippen LogP contribution in [0.1, 0.15) is 49.3 Å². The van der Waals surface area contributed by atoms with Gasteiger partial charge in [0, 0.05) is 0 Å². The van der Waals surface area contributed by atoms with Crippen molar-refractivity contribution in [2.24, 2.45) is 0 Å². The molecule has 0 saturated heterocycles. The van der Waals surface area contributed by atoms with Gasteiger partial charge in [0.1, 0.15) is 35.2 Å². The fraction of sp³-hybridized carbons (Fsp3) is 0.286. The molecule has 0 saturated carbocycles. The van der Waals surface area contributed by atoms with E-state index >= 15 is 0 Å². The third-order valence-electron chi connectivity index (χ3n) is 4.48. The quantitative estimate of drug-likeness (QED) is 0.608. The number of furan rings is 1. The zero-order valence-electron chi connectivity index (χ0n) is 16.7. The molecule has 3 rings (SSSR count). The lowest BCUT2D eigenvalue weighted by atomic mass is 10.1. The highest BCUT2D eigenvalue weighted by Crippen LogP contribution is 2.22. The van der Waals surface area contributed by atoms with Gasteiger partial charge in [-0.1, -0.05) is 17.3 Å². The van der Waals surface area contributed by atoms with E-state index in [1.54, 1.807) is 37.3 Å². The molecule has 0 aliphatic heterocycles. The van der Waals surface area contributed by atoms with Crippen LogP contribution >= 0.6 is 0 Å². The third kappa shape index (κ3) is 4.48. The monoisotopic (exact) mass is 398 g/mol. The molecule has 1 aromatic carbocycles. The molecule has 29 heavy (non-hydrogen) atoms. The SMILES string of the molecule is COC(=O)c1cc(CNC(=O)c2ccccc2OCc2c(C)noc2C)oc1C. The van der Waals surface area contributed by atoms with E-state index in [0.717, 1.165) is 11.3 Å². The van der Waals surface area contributed by atoms with Crippen LogP contribution in [0.4, 0.5) is 0 Å². The number of amides is 1. The number of para-hydroxylation sites is 1. The minimum Gasteiger partial charge on any atom is -0.488 e. The molecule has 2 aromatic heterocycles. The van der Waals surface area contributed by atoms with Gasteiger partial charge in [-0.2, -0.15) is 0 Å². The van der Waals surface area contributed by atoms with Gasteiger partial charge in [0.15, 0.2) is 0 Å². The number of hydrogen-bond acceptors (Lipinski definition) is 7. The van der Waals surface area contributed by atoms with Crippen molar-refractivity contribution in [3.63, 3.8) is 0 Å². The highest BCUT2D eigenvalue weighted by molar-refractivity contribution is 5.97. The molecule has 0 aliphatic rings. The summed E-state index contributed by atoms with van der Waals surface area (Å²) in [6.45, 7) is 5.67. The molecule has 0 fully saturated rings. The summed E-state index contributed by atoms with van der Waals surface area (Å²) in [6.07, 6.45) is 0. The Balaban J connectivity index is 1.68. The maximum absolute atomic E-state index is 12.7. The summed E-state index contributed by atoms with van der Waals surface area (Å²) in [5.74, 6) is 1.19. The molecular weight excluding hydrogens is 376 g/mol.